The van der Waals surface area contributed by atoms with Crippen LogP contribution in [0.2, 0.25) is 0 Å². The van der Waals surface area contributed by atoms with Crippen molar-refractivity contribution in [2.75, 3.05) is 11.9 Å². The molecule has 0 amide bonds. The van der Waals surface area contributed by atoms with Crippen LogP contribution in [0.25, 0.3) is 0 Å². The van der Waals surface area contributed by atoms with Crippen LogP contribution in [0.5, 0.6) is 0 Å². The Balaban J connectivity index is 1.69. The number of hydrogen-bond donors (Lipinski definition) is 1. The lowest BCUT2D eigenvalue weighted by molar-refractivity contribution is -0.0767. The SMILES string of the molecule is Cc1cc(C)cc(NC2CCOC3(CCCC3)C2)c1. The number of benzene rings is 1. The lowest BCUT2D eigenvalue weighted by Gasteiger charge is -2.39. The van der Waals surface area contributed by atoms with E-state index in [1.165, 1.54) is 48.9 Å². The molecular weight excluding hydrogens is 234 g/mol. The molecule has 2 nitrogen and oxygen atoms in total. The van der Waals surface area contributed by atoms with Crippen molar-refractivity contribution in [2.24, 2.45) is 0 Å². The molecule has 0 aromatic heterocycles. The molecule has 1 unspecified atom stereocenters. The topological polar surface area (TPSA) is 21.3 Å². The fraction of sp³-hybridized carbons (Fsp3) is 0.647. The van der Waals surface area contributed by atoms with Crippen LogP contribution in [-0.4, -0.2) is 18.2 Å². The lowest BCUT2D eigenvalue weighted by Crippen LogP contribution is -2.42. The van der Waals surface area contributed by atoms with Gasteiger partial charge in [0.05, 0.1) is 5.60 Å². The molecule has 2 heteroatoms. The van der Waals surface area contributed by atoms with E-state index in [9.17, 15) is 0 Å². The number of rotatable bonds is 2. The smallest absolute Gasteiger partial charge is 0.0702 e. The number of aryl methyl sites for hydroxylation is 2. The Hall–Kier alpha value is -1.02. The van der Waals surface area contributed by atoms with Crippen molar-refractivity contribution >= 4 is 5.69 Å². The summed E-state index contributed by atoms with van der Waals surface area (Å²) in [6, 6.07) is 7.31. The van der Waals surface area contributed by atoms with E-state index in [1.54, 1.807) is 0 Å². The fourth-order valence-electron chi connectivity index (χ4n) is 3.81. The highest BCUT2D eigenvalue weighted by molar-refractivity contribution is 5.49. The third-order valence-electron chi connectivity index (χ3n) is 4.60. The normalized spacial score (nSPS) is 25.7. The third kappa shape index (κ3) is 2.94. The zero-order chi connectivity index (χ0) is 13.3. The quantitative estimate of drug-likeness (QED) is 0.859. The van der Waals surface area contributed by atoms with Crippen molar-refractivity contribution in [1.29, 1.82) is 0 Å². The van der Waals surface area contributed by atoms with E-state index >= 15 is 0 Å². The molecule has 0 radical (unpaired) electrons. The van der Waals surface area contributed by atoms with E-state index in [4.69, 9.17) is 4.74 Å². The summed E-state index contributed by atoms with van der Waals surface area (Å²) in [4.78, 5) is 0. The van der Waals surface area contributed by atoms with Gasteiger partial charge in [-0.05, 0) is 62.8 Å². The molecule has 19 heavy (non-hydrogen) atoms. The van der Waals surface area contributed by atoms with Crippen LogP contribution >= 0.6 is 0 Å². The third-order valence-corrected chi connectivity index (χ3v) is 4.60. The van der Waals surface area contributed by atoms with Gasteiger partial charge in [0.1, 0.15) is 0 Å². The maximum Gasteiger partial charge on any atom is 0.0702 e. The second kappa shape index (κ2) is 5.16. The minimum absolute atomic E-state index is 0.203. The van der Waals surface area contributed by atoms with Crippen molar-refractivity contribution in [3.8, 4) is 0 Å². The van der Waals surface area contributed by atoms with Gasteiger partial charge in [0.15, 0.2) is 0 Å². The summed E-state index contributed by atoms with van der Waals surface area (Å²) in [7, 11) is 0. The van der Waals surface area contributed by atoms with E-state index in [1.807, 2.05) is 0 Å². The van der Waals surface area contributed by atoms with Gasteiger partial charge < -0.3 is 10.1 Å². The Labute approximate surface area is 116 Å². The Morgan fingerprint density at radius 2 is 1.79 bits per heavy atom. The molecule has 104 valence electrons. The first-order valence-corrected chi connectivity index (χ1v) is 7.64. The molecule has 1 aliphatic heterocycles. The van der Waals surface area contributed by atoms with Gasteiger partial charge in [0, 0.05) is 18.3 Å². The van der Waals surface area contributed by atoms with Crippen LogP contribution in [0, 0.1) is 13.8 Å². The van der Waals surface area contributed by atoms with Crippen molar-refractivity contribution in [1.82, 2.24) is 0 Å². The molecule has 2 aliphatic rings. The molecule has 1 spiro atoms. The van der Waals surface area contributed by atoms with Crippen molar-refractivity contribution in [3.05, 3.63) is 29.3 Å². The van der Waals surface area contributed by atoms with Gasteiger partial charge >= 0.3 is 0 Å². The Morgan fingerprint density at radius 3 is 2.47 bits per heavy atom. The molecule has 1 aromatic carbocycles. The van der Waals surface area contributed by atoms with Gasteiger partial charge in [0.25, 0.3) is 0 Å². The maximum absolute atomic E-state index is 6.10. The molecule has 1 heterocycles. The van der Waals surface area contributed by atoms with Crippen LogP contribution in [-0.2, 0) is 4.74 Å². The highest BCUT2D eigenvalue weighted by Gasteiger charge is 2.39. The number of hydrogen-bond acceptors (Lipinski definition) is 2. The molecular formula is C17H25NO. The molecule has 1 N–H and O–H groups in total. The first kappa shape index (κ1) is 13.0. The molecule has 1 aromatic rings. The Morgan fingerprint density at radius 1 is 1.11 bits per heavy atom. The Kier molecular flexibility index (Phi) is 3.53. The molecule has 3 rings (SSSR count). The summed E-state index contributed by atoms with van der Waals surface area (Å²) in [6.45, 7) is 5.25. The Bertz CT molecular complexity index is 428. The van der Waals surface area contributed by atoms with Crippen LogP contribution in [0.3, 0.4) is 0 Å². The predicted molar refractivity (Wildman–Crippen MR) is 79.7 cm³/mol. The van der Waals surface area contributed by atoms with E-state index in [2.05, 4.69) is 37.4 Å². The number of ether oxygens (including phenoxy) is 1. The second-order valence-electron chi connectivity index (χ2n) is 6.45. The van der Waals surface area contributed by atoms with Gasteiger partial charge in [-0.1, -0.05) is 18.9 Å². The minimum Gasteiger partial charge on any atom is -0.382 e. The number of anilines is 1. The first-order chi connectivity index (χ1) is 9.15. The average Bonchev–Trinajstić information content (AvgIpc) is 2.76. The van der Waals surface area contributed by atoms with E-state index in [0.29, 0.717) is 6.04 Å². The van der Waals surface area contributed by atoms with Crippen LogP contribution in [0.15, 0.2) is 18.2 Å². The monoisotopic (exact) mass is 259 g/mol. The molecule has 1 atom stereocenters. The van der Waals surface area contributed by atoms with Crippen molar-refractivity contribution < 1.29 is 4.74 Å². The van der Waals surface area contributed by atoms with Crippen molar-refractivity contribution in [3.63, 3.8) is 0 Å². The van der Waals surface area contributed by atoms with Gasteiger partial charge in [-0.25, -0.2) is 0 Å². The summed E-state index contributed by atoms with van der Waals surface area (Å²) in [5, 5.41) is 3.73. The summed E-state index contributed by atoms with van der Waals surface area (Å²) >= 11 is 0. The summed E-state index contributed by atoms with van der Waals surface area (Å²) < 4.78 is 6.10. The molecule has 1 saturated carbocycles. The van der Waals surface area contributed by atoms with E-state index in [0.717, 1.165) is 13.0 Å². The molecule has 2 fully saturated rings. The van der Waals surface area contributed by atoms with Gasteiger partial charge in [-0.3, -0.25) is 0 Å². The highest BCUT2D eigenvalue weighted by Crippen LogP contribution is 2.40. The van der Waals surface area contributed by atoms with Crippen LogP contribution < -0.4 is 5.32 Å². The zero-order valence-corrected chi connectivity index (χ0v) is 12.2. The predicted octanol–water partition coefficient (Wildman–Crippen LogP) is 4.21. The average molecular weight is 259 g/mol. The van der Waals surface area contributed by atoms with Gasteiger partial charge in [-0.15, -0.1) is 0 Å². The van der Waals surface area contributed by atoms with E-state index in [-0.39, 0.29) is 5.60 Å². The highest BCUT2D eigenvalue weighted by atomic mass is 16.5. The van der Waals surface area contributed by atoms with Gasteiger partial charge in [-0.2, -0.15) is 0 Å². The zero-order valence-electron chi connectivity index (χ0n) is 12.2. The maximum atomic E-state index is 6.10. The minimum atomic E-state index is 0.203. The fourth-order valence-corrected chi connectivity index (χ4v) is 3.81. The number of nitrogens with one attached hydrogen (secondary N) is 1. The van der Waals surface area contributed by atoms with Crippen LogP contribution in [0.4, 0.5) is 5.69 Å². The second-order valence-corrected chi connectivity index (χ2v) is 6.45. The van der Waals surface area contributed by atoms with Crippen molar-refractivity contribution in [2.45, 2.75) is 64.0 Å². The van der Waals surface area contributed by atoms with Crippen LogP contribution in [0.1, 0.15) is 49.7 Å². The standard InChI is InChI=1S/C17H25NO/c1-13-9-14(2)11-16(10-13)18-15-5-8-19-17(12-15)6-3-4-7-17/h9-11,15,18H,3-8,12H2,1-2H3. The summed E-state index contributed by atoms with van der Waals surface area (Å²) in [6.07, 6.45) is 7.53. The lowest BCUT2D eigenvalue weighted by atomic mass is 9.89. The largest absolute Gasteiger partial charge is 0.382 e. The molecule has 1 aliphatic carbocycles. The molecule has 1 saturated heterocycles. The summed E-state index contributed by atoms with van der Waals surface area (Å²) in [5.41, 5.74) is 4.15. The van der Waals surface area contributed by atoms with E-state index < -0.39 is 0 Å². The first-order valence-electron chi connectivity index (χ1n) is 7.64. The molecule has 0 bridgehead atoms. The van der Waals surface area contributed by atoms with Gasteiger partial charge in [0.2, 0.25) is 0 Å². The summed E-state index contributed by atoms with van der Waals surface area (Å²) in [5.74, 6) is 0.